The summed E-state index contributed by atoms with van der Waals surface area (Å²) in [7, 11) is 0. The van der Waals surface area contributed by atoms with Gasteiger partial charge in [-0.25, -0.2) is 0 Å². The van der Waals surface area contributed by atoms with Crippen molar-refractivity contribution in [2.45, 2.75) is 44.6 Å². The zero-order valence-corrected chi connectivity index (χ0v) is 10.1. The molecule has 1 aliphatic carbocycles. The van der Waals surface area contributed by atoms with Gasteiger partial charge in [0.2, 0.25) is 0 Å². The minimum atomic E-state index is 0.180. The summed E-state index contributed by atoms with van der Waals surface area (Å²) in [4.78, 5) is 4.25. The Morgan fingerprint density at radius 3 is 3.00 bits per heavy atom. The predicted octanol–water partition coefficient (Wildman–Crippen LogP) is 2.25. The van der Waals surface area contributed by atoms with Crippen molar-refractivity contribution in [1.29, 1.82) is 0 Å². The molecule has 1 aromatic rings. The van der Waals surface area contributed by atoms with E-state index in [1.165, 1.54) is 5.56 Å². The van der Waals surface area contributed by atoms with Crippen LogP contribution in [0, 0.1) is 0 Å². The summed E-state index contributed by atoms with van der Waals surface area (Å²) in [5, 5.41) is 0. The second kappa shape index (κ2) is 4.42. The lowest BCUT2D eigenvalue weighted by molar-refractivity contribution is 0.337. The fraction of sp³-hybridized carbons (Fsp3) is 0.615. The van der Waals surface area contributed by atoms with Gasteiger partial charge in [0, 0.05) is 12.2 Å². The summed E-state index contributed by atoms with van der Waals surface area (Å²) in [5.74, 6) is 0.863. The number of hydrogen-bond donors (Lipinski definition) is 1. The van der Waals surface area contributed by atoms with Crippen molar-refractivity contribution in [1.82, 2.24) is 4.98 Å². The highest BCUT2D eigenvalue weighted by atomic mass is 16.5. The average molecular weight is 220 g/mol. The molecule has 1 aliphatic rings. The summed E-state index contributed by atoms with van der Waals surface area (Å²) >= 11 is 0. The minimum Gasteiger partial charge on any atom is -0.492 e. The Bertz CT molecular complexity index is 367. The lowest BCUT2D eigenvalue weighted by Crippen LogP contribution is -2.22. The molecule has 2 atom stereocenters. The van der Waals surface area contributed by atoms with Crippen LogP contribution in [-0.2, 0) is 5.41 Å². The Kier molecular flexibility index (Phi) is 3.15. The first-order chi connectivity index (χ1) is 7.64. The van der Waals surface area contributed by atoms with Gasteiger partial charge in [-0.1, -0.05) is 6.92 Å². The van der Waals surface area contributed by atoms with Gasteiger partial charge in [0.1, 0.15) is 5.75 Å². The lowest BCUT2D eigenvalue weighted by Gasteiger charge is -2.24. The van der Waals surface area contributed by atoms with Crippen LogP contribution in [0.2, 0.25) is 0 Å². The Hall–Kier alpha value is -1.09. The Morgan fingerprint density at radius 2 is 2.38 bits per heavy atom. The van der Waals surface area contributed by atoms with Crippen LogP contribution in [-0.4, -0.2) is 17.6 Å². The van der Waals surface area contributed by atoms with Gasteiger partial charge in [0.15, 0.2) is 0 Å². The van der Waals surface area contributed by atoms with Gasteiger partial charge in [-0.2, -0.15) is 0 Å². The standard InChI is InChI=1S/C13H20N2O/c1-3-16-12-6-10(8-15-9-12)13(2)5-4-11(14)7-13/h6,8-9,11H,3-5,7,14H2,1-2H3. The van der Waals surface area contributed by atoms with Crippen LogP contribution in [0.5, 0.6) is 5.75 Å². The Balaban J connectivity index is 2.22. The van der Waals surface area contributed by atoms with E-state index in [1.807, 2.05) is 13.1 Å². The molecule has 2 unspecified atom stereocenters. The molecule has 0 saturated heterocycles. The molecule has 1 fully saturated rings. The van der Waals surface area contributed by atoms with E-state index in [0.717, 1.165) is 25.0 Å². The second-order valence-corrected chi connectivity index (χ2v) is 4.91. The van der Waals surface area contributed by atoms with Crippen LogP contribution in [0.25, 0.3) is 0 Å². The van der Waals surface area contributed by atoms with Gasteiger partial charge in [-0.15, -0.1) is 0 Å². The number of nitrogens with two attached hydrogens (primary N) is 1. The largest absolute Gasteiger partial charge is 0.492 e. The number of nitrogens with zero attached hydrogens (tertiary/aromatic N) is 1. The van der Waals surface area contributed by atoms with E-state index in [4.69, 9.17) is 10.5 Å². The van der Waals surface area contributed by atoms with Gasteiger partial charge in [0.25, 0.3) is 0 Å². The molecule has 0 aliphatic heterocycles. The minimum absolute atomic E-state index is 0.180. The normalized spacial score (nSPS) is 29.3. The molecule has 2 N–H and O–H groups in total. The molecule has 0 spiro atoms. The van der Waals surface area contributed by atoms with E-state index in [-0.39, 0.29) is 5.41 Å². The molecule has 0 bridgehead atoms. The number of aromatic nitrogens is 1. The molecule has 0 amide bonds. The van der Waals surface area contributed by atoms with Crippen molar-refractivity contribution >= 4 is 0 Å². The topological polar surface area (TPSA) is 48.1 Å². The molecular formula is C13H20N2O. The van der Waals surface area contributed by atoms with Crippen molar-refractivity contribution in [3.8, 4) is 5.75 Å². The SMILES string of the molecule is CCOc1cncc(C2(C)CCC(N)C2)c1. The van der Waals surface area contributed by atoms with E-state index in [9.17, 15) is 0 Å². The van der Waals surface area contributed by atoms with Gasteiger partial charge in [0.05, 0.1) is 12.8 Å². The molecule has 2 rings (SSSR count). The maximum atomic E-state index is 5.99. The first-order valence-corrected chi connectivity index (χ1v) is 5.98. The van der Waals surface area contributed by atoms with Gasteiger partial charge >= 0.3 is 0 Å². The second-order valence-electron chi connectivity index (χ2n) is 4.91. The van der Waals surface area contributed by atoms with Crippen LogP contribution in [0.1, 0.15) is 38.7 Å². The smallest absolute Gasteiger partial charge is 0.137 e. The molecule has 0 radical (unpaired) electrons. The third-order valence-electron chi connectivity index (χ3n) is 3.50. The zero-order valence-electron chi connectivity index (χ0n) is 10.1. The van der Waals surface area contributed by atoms with Crippen LogP contribution in [0.3, 0.4) is 0 Å². The number of ether oxygens (including phenoxy) is 1. The number of rotatable bonds is 3. The molecule has 3 heteroatoms. The monoisotopic (exact) mass is 220 g/mol. The highest BCUT2D eigenvalue weighted by Gasteiger charge is 2.35. The Morgan fingerprint density at radius 1 is 1.56 bits per heavy atom. The van der Waals surface area contributed by atoms with Gasteiger partial charge in [-0.3, -0.25) is 4.98 Å². The lowest BCUT2D eigenvalue weighted by atomic mass is 9.82. The molecule has 16 heavy (non-hydrogen) atoms. The van der Waals surface area contributed by atoms with Crippen molar-refractivity contribution in [2.24, 2.45) is 5.73 Å². The number of hydrogen-bond acceptors (Lipinski definition) is 3. The summed E-state index contributed by atoms with van der Waals surface area (Å²) < 4.78 is 5.48. The van der Waals surface area contributed by atoms with Crippen LogP contribution in [0.15, 0.2) is 18.5 Å². The van der Waals surface area contributed by atoms with Gasteiger partial charge in [-0.05, 0) is 43.2 Å². The summed E-state index contributed by atoms with van der Waals surface area (Å²) in [5.41, 5.74) is 7.43. The van der Waals surface area contributed by atoms with Crippen LogP contribution >= 0.6 is 0 Å². The first-order valence-electron chi connectivity index (χ1n) is 5.98. The highest BCUT2D eigenvalue weighted by Crippen LogP contribution is 2.40. The van der Waals surface area contributed by atoms with E-state index in [1.54, 1.807) is 6.20 Å². The van der Waals surface area contributed by atoms with Crippen molar-refractivity contribution < 1.29 is 4.74 Å². The molecule has 88 valence electrons. The summed E-state index contributed by atoms with van der Waals surface area (Å²) in [6.07, 6.45) is 7.01. The number of pyridine rings is 1. The molecular weight excluding hydrogens is 200 g/mol. The average Bonchev–Trinajstić information content (AvgIpc) is 2.61. The third kappa shape index (κ3) is 2.19. The quantitative estimate of drug-likeness (QED) is 0.850. The highest BCUT2D eigenvalue weighted by molar-refractivity contribution is 5.30. The predicted molar refractivity (Wildman–Crippen MR) is 64.6 cm³/mol. The summed E-state index contributed by atoms with van der Waals surface area (Å²) in [6.45, 7) is 4.94. The van der Waals surface area contributed by atoms with Crippen molar-refractivity contribution in [3.63, 3.8) is 0 Å². The van der Waals surface area contributed by atoms with E-state index in [0.29, 0.717) is 12.6 Å². The first kappa shape index (κ1) is 11.4. The van der Waals surface area contributed by atoms with Crippen molar-refractivity contribution in [2.75, 3.05) is 6.61 Å². The molecule has 0 aromatic carbocycles. The van der Waals surface area contributed by atoms with Gasteiger partial charge < -0.3 is 10.5 Å². The van der Waals surface area contributed by atoms with Crippen molar-refractivity contribution in [3.05, 3.63) is 24.0 Å². The maximum absolute atomic E-state index is 5.99. The van der Waals surface area contributed by atoms with E-state index in [2.05, 4.69) is 18.0 Å². The molecule has 1 aromatic heterocycles. The zero-order chi connectivity index (χ0) is 11.6. The Labute approximate surface area is 97.0 Å². The molecule has 1 saturated carbocycles. The molecule has 3 nitrogen and oxygen atoms in total. The van der Waals surface area contributed by atoms with E-state index < -0.39 is 0 Å². The van der Waals surface area contributed by atoms with Crippen LogP contribution < -0.4 is 10.5 Å². The summed E-state index contributed by atoms with van der Waals surface area (Å²) in [6, 6.07) is 2.44. The maximum Gasteiger partial charge on any atom is 0.137 e. The molecule has 1 heterocycles. The van der Waals surface area contributed by atoms with Crippen LogP contribution in [0.4, 0.5) is 0 Å². The fourth-order valence-corrected chi connectivity index (χ4v) is 2.54. The van der Waals surface area contributed by atoms with E-state index >= 15 is 0 Å². The third-order valence-corrected chi connectivity index (χ3v) is 3.50. The fourth-order valence-electron chi connectivity index (χ4n) is 2.54.